The van der Waals surface area contributed by atoms with Gasteiger partial charge in [0.05, 0.1) is 16.6 Å². The molecule has 0 fully saturated rings. The van der Waals surface area contributed by atoms with Gasteiger partial charge >= 0.3 is 12.1 Å². The zero-order valence-electron chi connectivity index (χ0n) is 11.8. The van der Waals surface area contributed by atoms with Gasteiger partial charge in [0, 0.05) is 5.41 Å². The SMILES string of the molecule is CC(C)(C)c1nc2cc(C(=O)O)ccc2n1CC(F)(F)F. The van der Waals surface area contributed by atoms with Crippen LogP contribution in [0.5, 0.6) is 0 Å². The number of carboxylic acids is 1. The van der Waals surface area contributed by atoms with E-state index in [0.29, 0.717) is 0 Å². The molecule has 0 aliphatic rings. The Labute approximate surface area is 119 Å². The van der Waals surface area contributed by atoms with Crippen LogP contribution < -0.4 is 0 Å². The summed E-state index contributed by atoms with van der Waals surface area (Å²) in [5.74, 6) is -0.864. The Morgan fingerprint density at radius 1 is 1.29 bits per heavy atom. The number of aromatic nitrogens is 2. The first-order valence-electron chi connectivity index (χ1n) is 6.30. The highest BCUT2D eigenvalue weighted by molar-refractivity contribution is 5.92. The summed E-state index contributed by atoms with van der Waals surface area (Å²) < 4.78 is 39.4. The van der Waals surface area contributed by atoms with Gasteiger partial charge in [0.15, 0.2) is 0 Å². The lowest BCUT2D eigenvalue weighted by atomic mass is 9.95. The third-order valence-corrected chi connectivity index (χ3v) is 3.00. The number of fused-ring (bicyclic) bond motifs is 1. The predicted octanol–water partition coefficient (Wildman–Crippen LogP) is 3.59. The van der Waals surface area contributed by atoms with Gasteiger partial charge in [-0.3, -0.25) is 0 Å². The van der Waals surface area contributed by atoms with E-state index in [0.717, 1.165) is 4.57 Å². The van der Waals surface area contributed by atoms with Crippen molar-refractivity contribution in [1.82, 2.24) is 9.55 Å². The average Bonchev–Trinajstić information content (AvgIpc) is 2.65. The summed E-state index contributed by atoms with van der Waals surface area (Å²) in [7, 11) is 0. The molecule has 114 valence electrons. The number of alkyl halides is 3. The zero-order valence-corrected chi connectivity index (χ0v) is 11.8. The summed E-state index contributed by atoms with van der Waals surface area (Å²) in [6.07, 6.45) is -4.38. The Morgan fingerprint density at radius 3 is 2.38 bits per heavy atom. The lowest BCUT2D eigenvalue weighted by Crippen LogP contribution is -2.25. The number of halogens is 3. The lowest BCUT2D eigenvalue weighted by molar-refractivity contribution is -0.140. The minimum atomic E-state index is -4.38. The molecule has 0 atom stereocenters. The summed E-state index contributed by atoms with van der Waals surface area (Å²) in [5, 5.41) is 8.95. The van der Waals surface area contributed by atoms with Gasteiger partial charge in [0.25, 0.3) is 0 Å². The molecule has 1 aromatic heterocycles. The second-order valence-electron chi connectivity index (χ2n) is 5.90. The van der Waals surface area contributed by atoms with Crippen LogP contribution >= 0.6 is 0 Å². The molecule has 7 heteroatoms. The molecule has 0 aliphatic heterocycles. The molecular formula is C14H15F3N2O2. The second kappa shape index (κ2) is 4.75. The number of imidazole rings is 1. The molecule has 1 heterocycles. The monoisotopic (exact) mass is 300 g/mol. The van der Waals surface area contributed by atoms with E-state index >= 15 is 0 Å². The highest BCUT2D eigenvalue weighted by atomic mass is 19.4. The summed E-state index contributed by atoms with van der Waals surface area (Å²) in [6.45, 7) is 4.14. The third kappa shape index (κ3) is 3.17. The van der Waals surface area contributed by atoms with Crippen molar-refractivity contribution in [2.75, 3.05) is 0 Å². The van der Waals surface area contributed by atoms with Crippen molar-refractivity contribution in [3.63, 3.8) is 0 Å². The van der Waals surface area contributed by atoms with E-state index in [1.807, 2.05) is 0 Å². The van der Waals surface area contributed by atoms with Gasteiger partial charge in [0.2, 0.25) is 0 Å². The van der Waals surface area contributed by atoms with Gasteiger partial charge in [-0.1, -0.05) is 20.8 Å². The number of aromatic carboxylic acids is 1. The molecule has 0 unspecified atom stereocenters. The zero-order chi connectivity index (χ0) is 16.0. The molecule has 0 saturated carbocycles. The van der Waals surface area contributed by atoms with Crippen molar-refractivity contribution in [3.05, 3.63) is 29.6 Å². The van der Waals surface area contributed by atoms with Gasteiger partial charge in [-0.2, -0.15) is 13.2 Å². The fourth-order valence-corrected chi connectivity index (χ4v) is 2.17. The van der Waals surface area contributed by atoms with Crippen LogP contribution in [-0.4, -0.2) is 26.8 Å². The molecule has 2 rings (SSSR count). The number of carboxylic acid groups (broad SMARTS) is 1. The smallest absolute Gasteiger partial charge is 0.406 e. The molecule has 1 aromatic carbocycles. The topological polar surface area (TPSA) is 55.1 Å². The summed E-state index contributed by atoms with van der Waals surface area (Å²) in [6, 6.07) is 3.94. The minimum absolute atomic E-state index is 0.000354. The maximum atomic E-state index is 12.8. The van der Waals surface area contributed by atoms with E-state index < -0.39 is 24.1 Å². The first kappa shape index (κ1) is 15.3. The molecule has 0 amide bonds. The highest BCUT2D eigenvalue weighted by Crippen LogP contribution is 2.30. The average molecular weight is 300 g/mol. The van der Waals surface area contributed by atoms with Crippen molar-refractivity contribution in [1.29, 1.82) is 0 Å². The third-order valence-electron chi connectivity index (χ3n) is 3.00. The first-order valence-corrected chi connectivity index (χ1v) is 6.30. The van der Waals surface area contributed by atoms with Gasteiger partial charge in [0.1, 0.15) is 12.4 Å². The van der Waals surface area contributed by atoms with E-state index in [2.05, 4.69) is 4.98 Å². The Hall–Kier alpha value is -2.05. The van der Waals surface area contributed by atoms with Crippen LogP contribution in [0, 0.1) is 0 Å². The van der Waals surface area contributed by atoms with Crippen LogP contribution in [0.4, 0.5) is 13.2 Å². The van der Waals surface area contributed by atoms with Crippen LogP contribution in [0.15, 0.2) is 18.2 Å². The summed E-state index contributed by atoms with van der Waals surface area (Å²) in [4.78, 5) is 15.2. The Balaban J connectivity index is 2.70. The largest absolute Gasteiger partial charge is 0.478 e. The molecule has 0 spiro atoms. The number of benzene rings is 1. The van der Waals surface area contributed by atoms with Crippen LogP contribution in [0.1, 0.15) is 37.0 Å². The quantitative estimate of drug-likeness (QED) is 0.922. The number of carbonyl (C=O) groups is 1. The van der Waals surface area contributed by atoms with Gasteiger partial charge in [-0.15, -0.1) is 0 Å². The highest BCUT2D eigenvalue weighted by Gasteiger charge is 2.33. The molecule has 1 N–H and O–H groups in total. The Kier molecular flexibility index (Phi) is 3.47. The standard InChI is InChI=1S/C14H15F3N2O2/c1-13(2,3)12-18-9-6-8(11(20)21)4-5-10(9)19(12)7-14(15,16)17/h4-6H,7H2,1-3H3,(H,20,21). The number of hydrogen-bond acceptors (Lipinski definition) is 2. The van der Waals surface area contributed by atoms with Crippen LogP contribution in [0.2, 0.25) is 0 Å². The molecule has 21 heavy (non-hydrogen) atoms. The van der Waals surface area contributed by atoms with E-state index in [4.69, 9.17) is 5.11 Å². The van der Waals surface area contributed by atoms with Crippen molar-refractivity contribution in [2.45, 2.75) is 38.9 Å². The maximum Gasteiger partial charge on any atom is 0.406 e. The molecular weight excluding hydrogens is 285 g/mol. The second-order valence-corrected chi connectivity index (χ2v) is 5.90. The predicted molar refractivity (Wildman–Crippen MR) is 71.4 cm³/mol. The van der Waals surface area contributed by atoms with Gasteiger partial charge in [-0.25, -0.2) is 9.78 Å². The summed E-state index contributed by atoms with van der Waals surface area (Å²) >= 11 is 0. The number of rotatable bonds is 2. The van der Waals surface area contributed by atoms with E-state index in [-0.39, 0.29) is 22.4 Å². The maximum absolute atomic E-state index is 12.8. The van der Waals surface area contributed by atoms with E-state index in [1.165, 1.54) is 18.2 Å². The normalized spacial score (nSPS) is 12.9. The fraction of sp³-hybridized carbons (Fsp3) is 0.429. The van der Waals surface area contributed by atoms with Crippen LogP contribution in [-0.2, 0) is 12.0 Å². The van der Waals surface area contributed by atoms with Crippen molar-refractivity contribution >= 4 is 17.0 Å². The lowest BCUT2D eigenvalue weighted by Gasteiger charge is -2.21. The van der Waals surface area contributed by atoms with E-state index in [9.17, 15) is 18.0 Å². The molecule has 0 radical (unpaired) electrons. The number of hydrogen-bond donors (Lipinski definition) is 1. The Morgan fingerprint density at radius 2 is 1.90 bits per heavy atom. The van der Waals surface area contributed by atoms with Gasteiger partial charge in [-0.05, 0) is 18.2 Å². The van der Waals surface area contributed by atoms with Crippen LogP contribution in [0.25, 0.3) is 11.0 Å². The Bertz CT molecular complexity index is 697. The van der Waals surface area contributed by atoms with Crippen LogP contribution in [0.3, 0.4) is 0 Å². The van der Waals surface area contributed by atoms with Gasteiger partial charge < -0.3 is 9.67 Å². The summed E-state index contributed by atoms with van der Waals surface area (Å²) in [5.41, 5.74) is -0.0563. The van der Waals surface area contributed by atoms with Crippen molar-refractivity contribution in [3.8, 4) is 0 Å². The molecule has 0 bridgehead atoms. The molecule has 0 saturated heterocycles. The van der Waals surface area contributed by atoms with Crippen molar-refractivity contribution in [2.24, 2.45) is 0 Å². The van der Waals surface area contributed by atoms with Crippen molar-refractivity contribution < 1.29 is 23.1 Å². The molecule has 0 aliphatic carbocycles. The molecule has 4 nitrogen and oxygen atoms in total. The first-order chi connectivity index (χ1) is 9.49. The molecule has 2 aromatic rings. The fourth-order valence-electron chi connectivity index (χ4n) is 2.17. The minimum Gasteiger partial charge on any atom is -0.478 e. The van der Waals surface area contributed by atoms with E-state index in [1.54, 1.807) is 20.8 Å². The number of nitrogens with zero attached hydrogens (tertiary/aromatic N) is 2.